The smallest absolute Gasteiger partial charge is 0.149 e. The van der Waals surface area contributed by atoms with Gasteiger partial charge in [0.15, 0.2) is 0 Å². The number of rotatable bonds is 2. The molecule has 2 aromatic carbocycles. The molecule has 0 amide bonds. The number of hydrogen-bond donors (Lipinski definition) is 0. The molecule has 2 heteroatoms. The maximum Gasteiger partial charge on any atom is 0.149 e. The Kier molecular flexibility index (Phi) is 3.48. The Balaban J connectivity index is 2.28. The molecule has 0 aliphatic heterocycles. The molecule has 0 spiro atoms. The fourth-order valence-electron chi connectivity index (χ4n) is 1.48. The van der Waals surface area contributed by atoms with E-state index in [9.17, 15) is 0 Å². The predicted octanol–water partition coefficient (Wildman–Crippen LogP) is 4.00. The van der Waals surface area contributed by atoms with Crippen molar-refractivity contribution in [2.45, 2.75) is 6.92 Å². The summed E-state index contributed by atoms with van der Waals surface area (Å²) in [7, 11) is 0. The normalized spacial score (nSPS) is 9.62. The van der Waals surface area contributed by atoms with E-state index in [-0.39, 0.29) is 0 Å². The summed E-state index contributed by atoms with van der Waals surface area (Å²) in [5.74, 6) is 6.53. The first-order valence-corrected chi connectivity index (χ1v) is 5.80. The van der Waals surface area contributed by atoms with E-state index < -0.39 is 0 Å². The first kappa shape index (κ1) is 11.0. The average molecular weight is 275 g/mol. The van der Waals surface area contributed by atoms with Crippen LogP contribution in [0.4, 0.5) is 0 Å². The van der Waals surface area contributed by atoms with Crippen molar-refractivity contribution in [1.29, 1.82) is 0 Å². The molecule has 2 aromatic rings. The van der Waals surface area contributed by atoms with Gasteiger partial charge in [0.25, 0.3) is 0 Å². The fourth-order valence-corrected chi connectivity index (χ4v) is 1.85. The number of ether oxygens (including phenoxy) is 1. The van der Waals surface area contributed by atoms with Crippen LogP contribution in [0.2, 0.25) is 0 Å². The molecule has 16 heavy (non-hydrogen) atoms. The Morgan fingerprint density at radius 2 is 1.88 bits per heavy atom. The van der Waals surface area contributed by atoms with Crippen LogP contribution in [-0.4, -0.2) is 6.61 Å². The van der Waals surface area contributed by atoms with E-state index in [4.69, 9.17) is 4.74 Å². The van der Waals surface area contributed by atoms with Gasteiger partial charge in [-0.3, -0.25) is 0 Å². The standard InChI is InChI=1S/C14H11BrO/c1-2-3-8-16-14-7-5-11-9-13(15)6-4-12(11)10-14/h4-7,9-10H,8H2,1H3. The number of halogens is 1. The lowest BCUT2D eigenvalue weighted by Crippen LogP contribution is -1.93. The third kappa shape index (κ3) is 2.56. The summed E-state index contributed by atoms with van der Waals surface area (Å²) in [5.41, 5.74) is 0. The Morgan fingerprint density at radius 1 is 1.12 bits per heavy atom. The second-order valence-electron chi connectivity index (χ2n) is 3.37. The Morgan fingerprint density at radius 3 is 2.69 bits per heavy atom. The Hall–Kier alpha value is -1.46. The van der Waals surface area contributed by atoms with E-state index in [0.29, 0.717) is 6.61 Å². The van der Waals surface area contributed by atoms with Crippen molar-refractivity contribution >= 4 is 26.7 Å². The summed E-state index contributed by atoms with van der Waals surface area (Å²) in [6.07, 6.45) is 0. The lowest BCUT2D eigenvalue weighted by molar-refractivity contribution is 0.371. The molecule has 0 aromatic heterocycles. The van der Waals surface area contributed by atoms with Crippen molar-refractivity contribution in [3.05, 3.63) is 40.9 Å². The minimum Gasteiger partial charge on any atom is -0.481 e. The van der Waals surface area contributed by atoms with Crippen LogP contribution in [0.1, 0.15) is 6.92 Å². The molecule has 0 heterocycles. The zero-order chi connectivity index (χ0) is 11.4. The molecule has 0 bridgehead atoms. The number of benzene rings is 2. The van der Waals surface area contributed by atoms with Crippen LogP contribution in [0.25, 0.3) is 10.8 Å². The Bertz CT molecular complexity index is 564. The molecule has 0 aliphatic carbocycles. The fraction of sp³-hybridized carbons (Fsp3) is 0.143. The molecule has 0 saturated heterocycles. The van der Waals surface area contributed by atoms with Crippen LogP contribution < -0.4 is 4.74 Å². The molecule has 0 unspecified atom stereocenters. The van der Waals surface area contributed by atoms with Gasteiger partial charge in [0.05, 0.1) is 0 Å². The molecule has 0 N–H and O–H groups in total. The summed E-state index contributed by atoms with van der Waals surface area (Å²) >= 11 is 3.45. The largest absolute Gasteiger partial charge is 0.481 e. The molecule has 0 aliphatic rings. The van der Waals surface area contributed by atoms with E-state index in [1.54, 1.807) is 6.92 Å². The van der Waals surface area contributed by atoms with Crippen LogP contribution >= 0.6 is 15.9 Å². The summed E-state index contributed by atoms with van der Waals surface area (Å²) in [6.45, 7) is 2.25. The first-order chi connectivity index (χ1) is 7.79. The average Bonchev–Trinajstić information content (AvgIpc) is 2.29. The van der Waals surface area contributed by atoms with E-state index in [1.807, 2.05) is 18.2 Å². The summed E-state index contributed by atoms with van der Waals surface area (Å²) in [5, 5.41) is 2.37. The predicted molar refractivity (Wildman–Crippen MR) is 70.6 cm³/mol. The van der Waals surface area contributed by atoms with Gasteiger partial charge in [-0.1, -0.05) is 34.0 Å². The van der Waals surface area contributed by atoms with Crippen molar-refractivity contribution < 1.29 is 4.74 Å². The molecular weight excluding hydrogens is 264 g/mol. The highest BCUT2D eigenvalue weighted by Gasteiger charge is 1.97. The van der Waals surface area contributed by atoms with Crippen molar-refractivity contribution in [2.24, 2.45) is 0 Å². The van der Waals surface area contributed by atoms with Gasteiger partial charge in [0.1, 0.15) is 12.4 Å². The van der Waals surface area contributed by atoms with Gasteiger partial charge in [-0.05, 0) is 42.0 Å². The molecule has 2 rings (SSSR count). The molecule has 1 nitrogen and oxygen atoms in total. The zero-order valence-corrected chi connectivity index (χ0v) is 10.5. The highest BCUT2D eigenvalue weighted by atomic mass is 79.9. The second-order valence-corrected chi connectivity index (χ2v) is 4.28. The van der Waals surface area contributed by atoms with Gasteiger partial charge in [0, 0.05) is 4.47 Å². The third-order valence-corrected chi connectivity index (χ3v) is 2.75. The van der Waals surface area contributed by atoms with Crippen LogP contribution in [0.3, 0.4) is 0 Å². The lowest BCUT2D eigenvalue weighted by Gasteiger charge is -2.04. The third-order valence-electron chi connectivity index (χ3n) is 2.26. The van der Waals surface area contributed by atoms with E-state index in [0.717, 1.165) is 10.2 Å². The maximum atomic E-state index is 5.50. The van der Waals surface area contributed by atoms with Crippen LogP contribution in [0, 0.1) is 11.8 Å². The van der Waals surface area contributed by atoms with Gasteiger partial charge in [0.2, 0.25) is 0 Å². The lowest BCUT2D eigenvalue weighted by atomic mass is 10.1. The SMILES string of the molecule is CC#CCOc1ccc2cc(Br)ccc2c1. The van der Waals surface area contributed by atoms with Crippen LogP contribution in [0.15, 0.2) is 40.9 Å². The van der Waals surface area contributed by atoms with Gasteiger partial charge in [-0.15, -0.1) is 5.92 Å². The van der Waals surface area contributed by atoms with Crippen LogP contribution in [-0.2, 0) is 0 Å². The minimum atomic E-state index is 0.443. The quantitative estimate of drug-likeness (QED) is 0.752. The number of fused-ring (bicyclic) bond motifs is 1. The van der Waals surface area contributed by atoms with E-state index in [2.05, 4.69) is 46.0 Å². The van der Waals surface area contributed by atoms with E-state index in [1.165, 1.54) is 10.8 Å². The maximum absolute atomic E-state index is 5.50. The monoisotopic (exact) mass is 274 g/mol. The van der Waals surface area contributed by atoms with Gasteiger partial charge >= 0.3 is 0 Å². The first-order valence-electron chi connectivity index (χ1n) is 5.01. The molecule has 0 atom stereocenters. The Labute approximate surface area is 104 Å². The van der Waals surface area contributed by atoms with Crippen molar-refractivity contribution in [1.82, 2.24) is 0 Å². The summed E-state index contributed by atoms with van der Waals surface area (Å²) < 4.78 is 6.59. The van der Waals surface area contributed by atoms with Crippen LogP contribution in [0.5, 0.6) is 5.75 Å². The van der Waals surface area contributed by atoms with Gasteiger partial charge < -0.3 is 4.74 Å². The summed E-state index contributed by atoms with van der Waals surface area (Å²) in [4.78, 5) is 0. The van der Waals surface area contributed by atoms with Crippen molar-refractivity contribution in [3.8, 4) is 17.6 Å². The van der Waals surface area contributed by atoms with Gasteiger partial charge in [-0.2, -0.15) is 0 Å². The topological polar surface area (TPSA) is 9.23 Å². The second kappa shape index (κ2) is 5.05. The van der Waals surface area contributed by atoms with Crippen molar-refractivity contribution in [2.75, 3.05) is 6.61 Å². The number of hydrogen-bond acceptors (Lipinski definition) is 1. The molecule has 0 fully saturated rings. The minimum absolute atomic E-state index is 0.443. The summed E-state index contributed by atoms with van der Waals surface area (Å²) in [6, 6.07) is 12.2. The van der Waals surface area contributed by atoms with E-state index >= 15 is 0 Å². The molecule has 0 saturated carbocycles. The molecule has 0 radical (unpaired) electrons. The van der Waals surface area contributed by atoms with Gasteiger partial charge in [-0.25, -0.2) is 0 Å². The molecule has 80 valence electrons. The highest BCUT2D eigenvalue weighted by Crippen LogP contribution is 2.23. The zero-order valence-electron chi connectivity index (χ0n) is 8.96. The highest BCUT2D eigenvalue weighted by molar-refractivity contribution is 9.10. The molecular formula is C14H11BrO. The van der Waals surface area contributed by atoms with Crippen molar-refractivity contribution in [3.63, 3.8) is 0 Å².